The second kappa shape index (κ2) is 7.81. The molecule has 2 fully saturated rings. The average Bonchev–Trinajstić information content (AvgIpc) is 3.29. The van der Waals surface area contributed by atoms with Gasteiger partial charge in [-0.1, -0.05) is 25.7 Å². The van der Waals surface area contributed by atoms with Crippen LogP contribution < -0.4 is 10.6 Å². The standard InChI is InChI=1S/C18H28N4O2/c1-12(19-18(24)14-8-4-5-9-14)10-17(23)20-16-11-15(21-22-16)13-6-2-3-7-13/h11-14H,2-10H2,1H3,(H,19,24)(H2,20,21,22,23). The summed E-state index contributed by atoms with van der Waals surface area (Å²) in [7, 11) is 0. The molecular formula is C18H28N4O2. The molecule has 0 bridgehead atoms. The number of hydrogen-bond donors (Lipinski definition) is 3. The van der Waals surface area contributed by atoms with Crippen LogP contribution in [0.15, 0.2) is 6.07 Å². The maximum atomic E-state index is 12.1. The van der Waals surface area contributed by atoms with E-state index in [-0.39, 0.29) is 30.2 Å². The van der Waals surface area contributed by atoms with Crippen LogP contribution >= 0.6 is 0 Å². The number of hydrogen-bond acceptors (Lipinski definition) is 3. The van der Waals surface area contributed by atoms with E-state index < -0.39 is 0 Å². The van der Waals surface area contributed by atoms with Crippen LogP contribution in [0, 0.1) is 5.92 Å². The maximum absolute atomic E-state index is 12.1. The van der Waals surface area contributed by atoms with Crippen LogP contribution in [0.5, 0.6) is 0 Å². The van der Waals surface area contributed by atoms with Crippen molar-refractivity contribution in [2.75, 3.05) is 5.32 Å². The van der Waals surface area contributed by atoms with Gasteiger partial charge in [0.2, 0.25) is 11.8 Å². The van der Waals surface area contributed by atoms with Crippen molar-refractivity contribution in [2.45, 2.75) is 76.7 Å². The summed E-state index contributed by atoms with van der Waals surface area (Å²) >= 11 is 0. The number of rotatable bonds is 6. The third-order valence-corrected chi connectivity index (χ3v) is 5.27. The van der Waals surface area contributed by atoms with Gasteiger partial charge in [0.05, 0.1) is 0 Å². The molecule has 0 aromatic carbocycles. The fourth-order valence-electron chi connectivity index (χ4n) is 3.92. The van der Waals surface area contributed by atoms with E-state index in [0.29, 0.717) is 11.7 Å². The van der Waals surface area contributed by atoms with Gasteiger partial charge >= 0.3 is 0 Å². The third kappa shape index (κ3) is 4.36. The first-order valence-electron chi connectivity index (χ1n) is 9.27. The number of anilines is 1. The van der Waals surface area contributed by atoms with Gasteiger partial charge in [-0.15, -0.1) is 0 Å². The number of aromatic nitrogens is 2. The summed E-state index contributed by atoms with van der Waals surface area (Å²) in [5.74, 6) is 1.24. The molecule has 2 aliphatic carbocycles. The molecule has 6 nitrogen and oxygen atoms in total. The smallest absolute Gasteiger partial charge is 0.227 e. The van der Waals surface area contributed by atoms with Crippen LogP contribution in [0.2, 0.25) is 0 Å². The van der Waals surface area contributed by atoms with Crippen molar-refractivity contribution in [1.82, 2.24) is 15.5 Å². The quantitative estimate of drug-likeness (QED) is 0.748. The van der Waals surface area contributed by atoms with E-state index in [2.05, 4.69) is 20.8 Å². The highest BCUT2D eigenvalue weighted by Gasteiger charge is 2.24. The Morgan fingerprint density at radius 3 is 2.58 bits per heavy atom. The summed E-state index contributed by atoms with van der Waals surface area (Å²) in [6.07, 6.45) is 9.41. The van der Waals surface area contributed by atoms with Crippen molar-refractivity contribution < 1.29 is 9.59 Å². The largest absolute Gasteiger partial charge is 0.353 e. The summed E-state index contributed by atoms with van der Waals surface area (Å²) in [6, 6.07) is 1.78. The molecule has 0 aliphatic heterocycles. The minimum atomic E-state index is -0.161. The van der Waals surface area contributed by atoms with Gasteiger partial charge in [0, 0.05) is 36.1 Å². The molecule has 0 radical (unpaired) electrons. The van der Waals surface area contributed by atoms with Crippen molar-refractivity contribution in [3.05, 3.63) is 11.8 Å². The van der Waals surface area contributed by atoms with Crippen molar-refractivity contribution in [2.24, 2.45) is 5.92 Å². The first-order valence-corrected chi connectivity index (χ1v) is 9.27. The van der Waals surface area contributed by atoms with E-state index in [9.17, 15) is 9.59 Å². The van der Waals surface area contributed by atoms with Gasteiger partial charge in [0.1, 0.15) is 0 Å². The van der Waals surface area contributed by atoms with Crippen molar-refractivity contribution >= 4 is 17.6 Å². The van der Waals surface area contributed by atoms with E-state index in [1.807, 2.05) is 13.0 Å². The summed E-state index contributed by atoms with van der Waals surface area (Å²) in [5.41, 5.74) is 1.12. The number of nitrogens with zero attached hydrogens (tertiary/aromatic N) is 1. The number of carbonyl (C=O) groups excluding carboxylic acids is 2. The Labute approximate surface area is 143 Å². The van der Waals surface area contributed by atoms with Crippen molar-refractivity contribution in [3.8, 4) is 0 Å². The molecule has 132 valence electrons. The monoisotopic (exact) mass is 332 g/mol. The van der Waals surface area contributed by atoms with Crippen LogP contribution in [0.3, 0.4) is 0 Å². The lowest BCUT2D eigenvalue weighted by Gasteiger charge is -2.16. The molecule has 2 saturated carbocycles. The Hall–Kier alpha value is -1.85. The Morgan fingerprint density at radius 1 is 1.21 bits per heavy atom. The molecule has 3 N–H and O–H groups in total. The molecule has 1 aromatic rings. The molecule has 2 amide bonds. The number of aromatic amines is 1. The van der Waals surface area contributed by atoms with Gasteiger partial charge < -0.3 is 10.6 Å². The molecule has 3 rings (SSSR count). The van der Waals surface area contributed by atoms with Gasteiger partial charge in [-0.25, -0.2) is 0 Å². The van der Waals surface area contributed by atoms with E-state index >= 15 is 0 Å². The van der Waals surface area contributed by atoms with E-state index in [4.69, 9.17) is 0 Å². The number of amides is 2. The SMILES string of the molecule is CC(CC(=O)Nc1cc(C2CCCC2)[nH]n1)NC(=O)C1CCCC1. The lowest BCUT2D eigenvalue weighted by Crippen LogP contribution is -2.38. The zero-order valence-corrected chi connectivity index (χ0v) is 14.4. The average molecular weight is 332 g/mol. The maximum Gasteiger partial charge on any atom is 0.227 e. The van der Waals surface area contributed by atoms with E-state index in [1.54, 1.807) is 0 Å². The molecule has 0 spiro atoms. The van der Waals surface area contributed by atoms with Gasteiger partial charge in [-0.05, 0) is 32.6 Å². The summed E-state index contributed by atoms with van der Waals surface area (Å²) < 4.78 is 0. The van der Waals surface area contributed by atoms with Gasteiger partial charge in [-0.2, -0.15) is 5.10 Å². The summed E-state index contributed by atoms with van der Waals surface area (Å²) in [5, 5.41) is 13.0. The second-order valence-corrected chi connectivity index (χ2v) is 7.33. The fraction of sp³-hybridized carbons (Fsp3) is 0.722. The Bertz CT molecular complexity index is 571. The highest BCUT2D eigenvalue weighted by molar-refractivity contribution is 5.90. The van der Waals surface area contributed by atoms with Crippen LogP contribution in [0.1, 0.15) is 76.3 Å². The first-order chi connectivity index (χ1) is 11.6. The van der Waals surface area contributed by atoms with Crippen molar-refractivity contribution in [3.63, 3.8) is 0 Å². The lowest BCUT2D eigenvalue weighted by molar-refractivity contribution is -0.125. The predicted molar refractivity (Wildman–Crippen MR) is 92.6 cm³/mol. The van der Waals surface area contributed by atoms with Gasteiger partial charge in [0.25, 0.3) is 0 Å². The molecule has 1 heterocycles. The van der Waals surface area contributed by atoms with Crippen LogP contribution in [0.4, 0.5) is 5.82 Å². The van der Waals surface area contributed by atoms with Gasteiger partial charge in [-0.3, -0.25) is 14.7 Å². The fourth-order valence-corrected chi connectivity index (χ4v) is 3.92. The molecule has 1 aromatic heterocycles. The van der Waals surface area contributed by atoms with E-state index in [1.165, 1.54) is 25.7 Å². The number of carbonyl (C=O) groups is 2. The molecule has 24 heavy (non-hydrogen) atoms. The van der Waals surface area contributed by atoms with Gasteiger partial charge in [0.15, 0.2) is 5.82 Å². The van der Waals surface area contributed by atoms with Crippen LogP contribution in [0.25, 0.3) is 0 Å². The normalized spacial score (nSPS) is 20.2. The molecule has 1 atom stereocenters. The van der Waals surface area contributed by atoms with Crippen LogP contribution in [-0.4, -0.2) is 28.1 Å². The lowest BCUT2D eigenvalue weighted by atomic mass is 10.0. The summed E-state index contributed by atoms with van der Waals surface area (Å²) in [4.78, 5) is 24.2. The minimum Gasteiger partial charge on any atom is -0.353 e. The zero-order chi connectivity index (χ0) is 16.9. The zero-order valence-electron chi connectivity index (χ0n) is 14.4. The minimum absolute atomic E-state index is 0.0936. The Kier molecular flexibility index (Phi) is 5.53. The molecule has 6 heteroatoms. The van der Waals surface area contributed by atoms with Crippen molar-refractivity contribution in [1.29, 1.82) is 0 Å². The highest BCUT2D eigenvalue weighted by atomic mass is 16.2. The number of H-pyrrole nitrogens is 1. The third-order valence-electron chi connectivity index (χ3n) is 5.27. The summed E-state index contributed by atoms with van der Waals surface area (Å²) in [6.45, 7) is 1.88. The first kappa shape index (κ1) is 17.0. The molecule has 0 saturated heterocycles. The molecule has 2 aliphatic rings. The van der Waals surface area contributed by atoms with E-state index in [0.717, 1.165) is 31.4 Å². The van der Waals surface area contributed by atoms with Crippen LogP contribution in [-0.2, 0) is 9.59 Å². The topological polar surface area (TPSA) is 86.9 Å². The Balaban J connectivity index is 1.43. The molecule has 1 unspecified atom stereocenters. The highest BCUT2D eigenvalue weighted by Crippen LogP contribution is 2.33. The second-order valence-electron chi connectivity index (χ2n) is 7.33. The predicted octanol–water partition coefficient (Wildman–Crippen LogP) is 3.09. The molecular weight excluding hydrogens is 304 g/mol. The number of nitrogens with one attached hydrogen (secondary N) is 3. The Morgan fingerprint density at radius 2 is 1.88 bits per heavy atom.